The molecule has 0 bridgehead atoms. The summed E-state index contributed by atoms with van der Waals surface area (Å²) in [5.41, 5.74) is 0. The maximum Gasteiger partial charge on any atom is 2.00 e. The molecule has 0 atom stereocenters. The smallest absolute Gasteiger partial charge is 1.00 e. The first-order valence-corrected chi connectivity index (χ1v) is 0. The SMILES string of the molecule is O.[Be+2].[Be+2].[Cu].[Cu].[H-].[H-].[H-].[H-]. The van der Waals surface area contributed by atoms with Crippen LogP contribution in [0.25, 0.3) is 0 Å². The van der Waals surface area contributed by atoms with Crippen LogP contribution in [0.1, 0.15) is 5.71 Å². The molecule has 38 valence electrons. The molecule has 2 N–H and O–H groups in total. The minimum absolute atomic E-state index is 0. The molecule has 0 rings (SSSR count). The fourth-order valence-electron chi connectivity index (χ4n) is 0. The second kappa shape index (κ2) is 56.2. The molecule has 2 radical (unpaired) electrons. The molecule has 0 unspecified atom stereocenters. The van der Waals surface area contributed by atoms with Gasteiger partial charge in [0.1, 0.15) is 0 Å². The topological polar surface area (TPSA) is 31.5 Å². The van der Waals surface area contributed by atoms with Crippen LogP contribution in [0.15, 0.2) is 0 Å². The van der Waals surface area contributed by atoms with Crippen LogP contribution in [0.4, 0.5) is 0 Å². The molecule has 5 heavy (non-hydrogen) atoms. The van der Waals surface area contributed by atoms with Crippen molar-refractivity contribution in [3.8, 4) is 0 Å². The molecule has 0 fully saturated rings. The largest absolute Gasteiger partial charge is 2.00 e. The van der Waals surface area contributed by atoms with Crippen molar-refractivity contribution in [2.45, 2.75) is 0 Å². The first kappa shape index (κ1) is 101. The molecule has 0 saturated heterocycles. The van der Waals surface area contributed by atoms with Crippen LogP contribution in [0, 0.1) is 0 Å². The van der Waals surface area contributed by atoms with Crippen LogP contribution in [0.3, 0.4) is 0 Å². The van der Waals surface area contributed by atoms with E-state index in [4.69, 9.17) is 0 Å². The molecule has 0 aromatic heterocycles. The molecular formula is H6Be2Cu2O. The summed E-state index contributed by atoms with van der Waals surface area (Å²) in [6, 6.07) is 0. The van der Waals surface area contributed by atoms with E-state index < -0.39 is 0 Å². The van der Waals surface area contributed by atoms with E-state index in [9.17, 15) is 0 Å². The van der Waals surface area contributed by atoms with E-state index in [1.54, 1.807) is 0 Å². The third kappa shape index (κ3) is 33.3. The fraction of sp³-hybridized carbons (Fsp3) is 0. The van der Waals surface area contributed by atoms with E-state index in [0.29, 0.717) is 0 Å². The van der Waals surface area contributed by atoms with Crippen LogP contribution < -0.4 is 0 Å². The maximum atomic E-state index is 0. The van der Waals surface area contributed by atoms with Crippen molar-refractivity contribution in [3.05, 3.63) is 0 Å². The second-order valence-electron chi connectivity index (χ2n) is 0. The first-order valence-electron chi connectivity index (χ1n) is 0. The van der Waals surface area contributed by atoms with Gasteiger partial charge in [0.15, 0.2) is 0 Å². The molecule has 1 nitrogen and oxygen atoms in total. The van der Waals surface area contributed by atoms with Gasteiger partial charge < -0.3 is 11.2 Å². The third-order valence-electron chi connectivity index (χ3n) is 0. The summed E-state index contributed by atoms with van der Waals surface area (Å²) in [6.45, 7) is 0. The third-order valence-corrected chi connectivity index (χ3v) is 0. The summed E-state index contributed by atoms with van der Waals surface area (Å²) >= 11 is 0. The Morgan fingerprint density at radius 3 is 0.800 bits per heavy atom. The molecular weight excluding hydrogens is 161 g/mol. The van der Waals surface area contributed by atoms with Crippen LogP contribution in [-0.4, -0.2) is 25.7 Å². The van der Waals surface area contributed by atoms with Crippen molar-refractivity contribution in [2.75, 3.05) is 0 Å². The molecule has 0 heterocycles. The predicted molar refractivity (Wildman–Crippen MR) is 19.6 cm³/mol. The molecule has 0 aromatic rings. The first-order chi connectivity index (χ1) is 0. The van der Waals surface area contributed by atoms with E-state index in [1.807, 2.05) is 0 Å². The Bertz CT molecular complexity index is 16.5. The van der Waals surface area contributed by atoms with Crippen LogP contribution in [-0.2, 0) is 34.1 Å². The zero-order valence-electron chi connectivity index (χ0n) is 6.52. The molecule has 0 amide bonds. The minimum Gasteiger partial charge on any atom is -1.00 e. The Morgan fingerprint density at radius 1 is 0.800 bits per heavy atom. The van der Waals surface area contributed by atoms with Crippen molar-refractivity contribution < 1.29 is 45.3 Å². The van der Waals surface area contributed by atoms with Gasteiger partial charge in [0.25, 0.3) is 0 Å². The van der Waals surface area contributed by atoms with E-state index in [-0.39, 0.29) is 65.6 Å². The van der Waals surface area contributed by atoms with Crippen molar-refractivity contribution in [3.63, 3.8) is 0 Å². The molecule has 0 saturated carbocycles. The van der Waals surface area contributed by atoms with Crippen molar-refractivity contribution in [1.82, 2.24) is 0 Å². The average molecular weight is 167 g/mol. The zero-order valence-corrected chi connectivity index (χ0v) is 4.40. The summed E-state index contributed by atoms with van der Waals surface area (Å²) in [5, 5.41) is 0. The van der Waals surface area contributed by atoms with Gasteiger partial charge in [0, 0.05) is 34.1 Å². The minimum atomic E-state index is 0. The van der Waals surface area contributed by atoms with Gasteiger partial charge in [0.05, 0.1) is 0 Å². The van der Waals surface area contributed by atoms with Gasteiger partial charge in [0.2, 0.25) is 0 Å². The second-order valence-corrected chi connectivity index (χ2v) is 0. The molecule has 0 aliphatic heterocycles. The molecule has 0 spiro atoms. The summed E-state index contributed by atoms with van der Waals surface area (Å²) in [5.74, 6) is 0. The number of hydrogen-bond donors (Lipinski definition) is 0. The van der Waals surface area contributed by atoms with Crippen LogP contribution >= 0.6 is 0 Å². The van der Waals surface area contributed by atoms with Gasteiger partial charge in [-0.3, -0.25) is 0 Å². The van der Waals surface area contributed by atoms with E-state index in [0.717, 1.165) is 0 Å². The molecule has 5 heteroatoms. The van der Waals surface area contributed by atoms with Crippen LogP contribution in [0.5, 0.6) is 0 Å². The normalized spacial score (nSPS) is 0. The van der Waals surface area contributed by atoms with E-state index in [1.165, 1.54) is 0 Å². The number of hydrogen-bond acceptors (Lipinski definition) is 0. The molecule has 0 aliphatic rings. The standard InChI is InChI=1S/2Be.2Cu.H2O.4H/h;;;;1H2;;;;/q2*+2;;;;4*-1. The fourth-order valence-corrected chi connectivity index (χ4v) is 0. The predicted octanol–water partition coefficient (Wildman–Crippen LogP) is -1.14. The Hall–Kier alpha value is 1.34. The van der Waals surface area contributed by atoms with Gasteiger partial charge in [-0.15, -0.1) is 0 Å². The number of rotatable bonds is 0. The Morgan fingerprint density at radius 2 is 0.800 bits per heavy atom. The van der Waals surface area contributed by atoms with Crippen molar-refractivity contribution in [2.24, 2.45) is 0 Å². The molecule has 0 aliphatic carbocycles. The van der Waals surface area contributed by atoms with Gasteiger partial charge in [-0.2, -0.15) is 0 Å². The Balaban J connectivity index is 0. The zero-order chi connectivity index (χ0) is 0. The summed E-state index contributed by atoms with van der Waals surface area (Å²) in [4.78, 5) is 0. The van der Waals surface area contributed by atoms with Crippen molar-refractivity contribution in [1.29, 1.82) is 0 Å². The molecule has 0 aromatic carbocycles. The van der Waals surface area contributed by atoms with Gasteiger partial charge >= 0.3 is 20.2 Å². The quantitative estimate of drug-likeness (QED) is 0.408. The van der Waals surface area contributed by atoms with E-state index >= 15 is 0 Å². The van der Waals surface area contributed by atoms with Gasteiger partial charge in [-0.1, -0.05) is 0 Å². The monoisotopic (exact) mass is 166 g/mol. The van der Waals surface area contributed by atoms with E-state index in [2.05, 4.69) is 0 Å². The van der Waals surface area contributed by atoms with Crippen molar-refractivity contribution >= 4 is 20.2 Å². The summed E-state index contributed by atoms with van der Waals surface area (Å²) < 4.78 is 0. The Labute approximate surface area is 65.9 Å². The Kier molecular flexibility index (Phi) is 1130. The van der Waals surface area contributed by atoms with Gasteiger partial charge in [-0.25, -0.2) is 0 Å². The van der Waals surface area contributed by atoms with Crippen LogP contribution in [0.2, 0.25) is 0 Å². The summed E-state index contributed by atoms with van der Waals surface area (Å²) in [7, 11) is 0. The maximum absolute atomic E-state index is 0. The summed E-state index contributed by atoms with van der Waals surface area (Å²) in [6.07, 6.45) is 0. The van der Waals surface area contributed by atoms with Gasteiger partial charge in [-0.05, 0) is 0 Å². The average Bonchev–Trinajstić information content (AvgIpc) is 0.